The van der Waals surface area contributed by atoms with Crippen LogP contribution in [0.1, 0.15) is 58.6 Å². The number of amides is 1. The zero-order chi connectivity index (χ0) is 27.1. The van der Waals surface area contributed by atoms with Crippen molar-refractivity contribution in [2.75, 3.05) is 12.4 Å². The van der Waals surface area contributed by atoms with Crippen molar-refractivity contribution in [1.29, 1.82) is 0 Å². The SMILES string of the molecule is C[C@@H]1Sc2ccccc2[C@@H](CCN(C(=O)c2c(O)c(=O)ccn2N)[C@H](C)C(F)(F)F)c2c(Cl)cccc21. The first-order valence-electron chi connectivity index (χ1n) is 11.5. The van der Waals surface area contributed by atoms with E-state index in [1.54, 1.807) is 17.8 Å². The van der Waals surface area contributed by atoms with Gasteiger partial charge in [0.1, 0.15) is 6.04 Å². The molecule has 11 heteroatoms. The topological polar surface area (TPSA) is 88.6 Å². The second kappa shape index (κ2) is 10.3. The fourth-order valence-corrected chi connectivity index (χ4v) is 6.20. The molecule has 0 fully saturated rings. The summed E-state index contributed by atoms with van der Waals surface area (Å²) in [5.74, 6) is 3.11. The highest BCUT2D eigenvalue weighted by atomic mass is 35.5. The third-order valence-electron chi connectivity index (χ3n) is 6.64. The summed E-state index contributed by atoms with van der Waals surface area (Å²) in [6.45, 7) is 2.56. The average Bonchev–Trinajstić information content (AvgIpc) is 2.96. The molecule has 3 atom stereocenters. The van der Waals surface area contributed by atoms with Crippen molar-refractivity contribution in [3.05, 3.63) is 92.4 Å². The number of rotatable bonds is 5. The molecule has 0 saturated carbocycles. The number of benzene rings is 2. The molecule has 0 spiro atoms. The minimum Gasteiger partial charge on any atom is -0.502 e. The predicted molar refractivity (Wildman–Crippen MR) is 138 cm³/mol. The monoisotopic (exact) mass is 551 g/mol. The minimum atomic E-state index is -4.76. The predicted octanol–water partition coefficient (Wildman–Crippen LogP) is 5.70. The third-order valence-corrected chi connectivity index (χ3v) is 8.20. The number of aromatic nitrogens is 1. The molecule has 1 aliphatic heterocycles. The Kier molecular flexibility index (Phi) is 7.52. The van der Waals surface area contributed by atoms with Gasteiger partial charge in [-0.15, -0.1) is 11.8 Å². The number of hydrogen-bond acceptors (Lipinski definition) is 5. The number of nitrogens with two attached hydrogens (primary N) is 1. The van der Waals surface area contributed by atoms with Crippen LogP contribution in [0.2, 0.25) is 5.02 Å². The fourth-order valence-electron chi connectivity index (χ4n) is 4.67. The summed E-state index contributed by atoms with van der Waals surface area (Å²) >= 11 is 8.29. The van der Waals surface area contributed by atoms with Crippen LogP contribution in [0.5, 0.6) is 5.75 Å². The first-order valence-corrected chi connectivity index (χ1v) is 12.8. The molecule has 4 rings (SSSR count). The van der Waals surface area contributed by atoms with E-state index >= 15 is 0 Å². The Morgan fingerprint density at radius 3 is 2.57 bits per heavy atom. The molecule has 0 aliphatic carbocycles. The standard InChI is InChI=1S/C26H25ClF3N3O3S/c1-14-16-7-5-8-19(27)22(16)18(17-6-3-4-9-21(17)37-14)10-12-32(15(2)26(28,29)30)25(36)23-24(35)20(34)11-13-33(23)31/h3-9,11,13-15,18,35H,10,12,31H2,1-2H3/t14-,15+,18+/m0/s1. The lowest BCUT2D eigenvalue weighted by Crippen LogP contribution is -2.49. The molecule has 2 aromatic carbocycles. The fraction of sp³-hybridized carbons (Fsp3) is 0.308. The summed E-state index contributed by atoms with van der Waals surface area (Å²) in [7, 11) is 0. The Bertz CT molecular complexity index is 1400. The summed E-state index contributed by atoms with van der Waals surface area (Å²) in [4.78, 5) is 26.9. The van der Waals surface area contributed by atoms with Crippen molar-refractivity contribution < 1.29 is 23.1 Å². The Hall–Kier alpha value is -3.11. The number of carbonyl (C=O) groups is 1. The largest absolute Gasteiger partial charge is 0.502 e. The number of nitrogen functional groups attached to an aromatic ring is 1. The normalized spacial score (nSPS) is 17.9. The maximum Gasteiger partial charge on any atom is 0.408 e. The summed E-state index contributed by atoms with van der Waals surface area (Å²) in [6, 6.07) is 11.9. The van der Waals surface area contributed by atoms with E-state index in [0.29, 0.717) is 14.6 Å². The van der Waals surface area contributed by atoms with Crippen LogP contribution in [0.15, 0.2) is 64.4 Å². The van der Waals surface area contributed by atoms with Gasteiger partial charge in [0.25, 0.3) is 5.91 Å². The van der Waals surface area contributed by atoms with E-state index in [1.165, 1.54) is 0 Å². The van der Waals surface area contributed by atoms with Crippen LogP contribution >= 0.6 is 23.4 Å². The van der Waals surface area contributed by atoms with Crippen LogP contribution in [0, 0.1) is 0 Å². The van der Waals surface area contributed by atoms with Gasteiger partial charge in [-0.25, -0.2) is 0 Å². The maximum atomic E-state index is 13.9. The highest BCUT2D eigenvalue weighted by molar-refractivity contribution is 7.99. The molecule has 0 saturated heterocycles. The molecular weight excluding hydrogens is 527 g/mol. The molecule has 0 unspecified atom stereocenters. The number of nitrogens with zero attached hydrogens (tertiary/aromatic N) is 2. The van der Waals surface area contributed by atoms with Gasteiger partial charge in [0.15, 0.2) is 11.4 Å². The number of thioether (sulfide) groups is 1. The molecule has 2 heterocycles. The maximum absolute atomic E-state index is 13.9. The van der Waals surface area contributed by atoms with E-state index in [0.717, 1.165) is 40.8 Å². The molecule has 3 aromatic rings. The molecular formula is C26H25ClF3N3O3S. The second-order valence-electron chi connectivity index (χ2n) is 8.88. The van der Waals surface area contributed by atoms with Crippen LogP contribution in [0.4, 0.5) is 13.2 Å². The molecule has 0 radical (unpaired) electrons. The van der Waals surface area contributed by atoms with Gasteiger partial charge in [0.2, 0.25) is 5.43 Å². The molecule has 6 nitrogen and oxygen atoms in total. The van der Waals surface area contributed by atoms with E-state index in [9.17, 15) is 27.9 Å². The smallest absolute Gasteiger partial charge is 0.408 e. The number of fused-ring (bicyclic) bond motifs is 2. The lowest BCUT2D eigenvalue weighted by Gasteiger charge is -2.33. The Morgan fingerprint density at radius 1 is 1.19 bits per heavy atom. The number of hydrogen-bond donors (Lipinski definition) is 2. The Labute approximate surface area is 220 Å². The zero-order valence-electron chi connectivity index (χ0n) is 20.0. The number of halogens is 4. The van der Waals surface area contributed by atoms with Gasteiger partial charge in [-0.2, -0.15) is 13.2 Å². The summed E-state index contributed by atoms with van der Waals surface area (Å²) in [6.07, 6.45) is -3.64. The molecule has 1 aliphatic rings. The number of pyridine rings is 1. The second-order valence-corrected chi connectivity index (χ2v) is 10.7. The number of aromatic hydroxyl groups is 1. The first kappa shape index (κ1) is 26.9. The molecule has 3 N–H and O–H groups in total. The molecule has 1 aromatic heterocycles. The van der Waals surface area contributed by atoms with Crippen molar-refractivity contribution in [2.45, 2.75) is 48.5 Å². The minimum absolute atomic E-state index is 0.0413. The quantitative estimate of drug-likeness (QED) is 0.397. The molecule has 1 amide bonds. The van der Waals surface area contributed by atoms with E-state index in [2.05, 4.69) is 0 Å². The van der Waals surface area contributed by atoms with Crippen molar-refractivity contribution in [3.63, 3.8) is 0 Å². The third kappa shape index (κ3) is 5.17. The summed E-state index contributed by atoms with van der Waals surface area (Å²) < 4.78 is 42.4. The molecule has 196 valence electrons. The van der Waals surface area contributed by atoms with E-state index in [-0.39, 0.29) is 18.2 Å². The van der Waals surface area contributed by atoms with Crippen molar-refractivity contribution in [2.24, 2.45) is 0 Å². The van der Waals surface area contributed by atoms with Crippen LogP contribution in [-0.2, 0) is 0 Å². The Balaban J connectivity index is 1.79. The van der Waals surface area contributed by atoms with Gasteiger partial charge in [-0.05, 0) is 49.1 Å². The van der Waals surface area contributed by atoms with Crippen molar-refractivity contribution in [1.82, 2.24) is 9.58 Å². The first-order chi connectivity index (χ1) is 17.4. The van der Waals surface area contributed by atoms with Crippen molar-refractivity contribution in [3.8, 4) is 5.75 Å². The Morgan fingerprint density at radius 2 is 1.86 bits per heavy atom. The molecule has 0 bridgehead atoms. The summed E-state index contributed by atoms with van der Waals surface area (Å²) in [5, 5.41) is 10.7. The van der Waals surface area contributed by atoms with E-state index in [4.69, 9.17) is 17.4 Å². The van der Waals surface area contributed by atoms with Gasteiger partial charge in [0.05, 0.1) is 0 Å². The zero-order valence-corrected chi connectivity index (χ0v) is 21.6. The number of alkyl halides is 3. The highest BCUT2D eigenvalue weighted by Crippen LogP contribution is 2.50. The van der Waals surface area contributed by atoms with E-state index < -0.39 is 40.9 Å². The van der Waals surface area contributed by atoms with Crippen molar-refractivity contribution >= 4 is 29.3 Å². The molecule has 37 heavy (non-hydrogen) atoms. The van der Waals surface area contributed by atoms with Crippen LogP contribution in [0.25, 0.3) is 0 Å². The highest BCUT2D eigenvalue weighted by Gasteiger charge is 2.43. The van der Waals surface area contributed by atoms with Crippen LogP contribution in [0.3, 0.4) is 0 Å². The number of carbonyl (C=O) groups excluding carboxylic acids is 1. The lowest BCUT2D eigenvalue weighted by atomic mass is 9.84. The summed E-state index contributed by atoms with van der Waals surface area (Å²) in [5.41, 5.74) is 1.04. The van der Waals surface area contributed by atoms with E-state index in [1.807, 2.05) is 43.3 Å². The van der Waals surface area contributed by atoms with Gasteiger partial charge in [-0.3, -0.25) is 14.3 Å². The van der Waals surface area contributed by atoms with Crippen LogP contribution < -0.4 is 11.3 Å². The van der Waals surface area contributed by atoms with Gasteiger partial charge < -0.3 is 15.8 Å². The van der Waals surface area contributed by atoms with Gasteiger partial charge in [-0.1, -0.05) is 41.9 Å². The lowest BCUT2D eigenvalue weighted by molar-refractivity contribution is -0.172. The van der Waals surface area contributed by atoms with Gasteiger partial charge in [0, 0.05) is 39.9 Å². The van der Waals surface area contributed by atoms with Gasteiger partial charge >= 0.3 is 6.18 Å². The average molecular weight is 552 g/mol. The van der Waals surface area contributed by atoms with Crippen LogP contribution in [-0.4, -0.2) is 39.4 Å².